The number of rotatable bonds is 4. The monoisotopic (exact) mass is 591 g/mol. The van der Waals surface area contributed by atoms with Gasteiger partial charge in [0, 0.05) is 13.6 Å². The molecule has 0 fully saturated rings. The number of aliphatic imine (C=N–C) groups is 1. The summed E-state index contributed by atoms with van der Waals surface area (Å²) in [6.07, 6.45) is 1.64. The largest absolute Gasteiger partial charge is 0.493 e. The Kier molecular flexibility index (Phi) is 6.03. The van der Waals surface area contributed by atoms with Crippen LogP contribution in [0.2, 0.25) is 0 Å². The molecular weight excluding hydrogens is 581 g/mol. The van der Waals surface area contributed by atoms with Crippen LogP contribution in [0.15, 0.2) is 50.0 Å². The lowest BCUT2D eigenvalue weighted by molar-refractivity contribution is -0.129. The average molecular weight is 593 g/mol. The molecule has 0 bridgehead atoms. The van der Waals surface area contributed by atoms with Crippen molar-refractivity contribution >= 4 is 72.4 Å². The zero-order valence-electron chi connectivity index (χ0n) is 13.7. The Labute approximate surface area is 180 Å². The predicted molar refractivity (Wildman–Crippen MR) is 115 cm³/mol. The highest BCUT2D eigenvalue weighted by Gasteiger charge is 2.25. The van der Waals surface area contributed by atoms with Gasteiger partial charge in [-0.25, -0.2) is 9.79 Å². The number of ether oxygens (including phenoxy) is 3. The number of hydrogen-bond donors (Lipinski definition) is 0. The Hall–Kier alpha value is -1.39. The molecule has 0 atom stereocenters. The Morgan fingerprint density at radius 2 is 1.88 bits per heavy atom. The van der Waals surface area contributed by atoms with Gasteiger partial charge in [-0.15, -0.1) is 0 Å². The molecule has 0 radical (unpaired) electrons. The Bertz CT molecular complexity index is 956. The summed E-state index contributed by atoms with van der Waals surface area (Å²) in [5.41, 5.74) is 1.67. The first-order chi connectivity index (χ1) is 12.4. The number of halogens is 3. The minimum Gasteiger partial charge on any atom is -0.493 e. The summed E-state index contributed by atoms with van der Waals surface area (Å²) in [6.45, 7) is 0. The molecular formula is C18H12Br2INO4. The smallest absolute Gasteiger partial charge is 0.363 e. The molecule has 0 saturated carbocycles. The van der Waals surface area contributed by atoms with Crippen molar-refractivity contribution in [2.75, 3.05) is 14.2 Å². The van der Waals surface area contributed by atoms with Crippen molar-refractivity contribution in [1.82, 2.24) is 0 Å². The van der Waals surface area contributed by atoms with E-state index in [-0.39, 0.29) is 11.6 Å². The van der Waals surface area contributed by atoms with Gasteiger partial charge in [0.15, 0.2) is 17.2 Å². The molecule has 1 aliphatic heterocycles. The number of esters is 1. The van der Waals surface area contributed by atoms with Gasteiger partial charge in [-0.05, 0) is 96.4 Å². The standard InChI is InChI=1S/C18H12Br2INO4/c1-24-15-7-9(5-12(20)16(15)25-2)6-14-18(23)26-17(22-14)10-3-4-13(21)11(19)8-10/h3-8H,1-2H3/b14-6-. The second-order valence-corrected chi connectivity index (χ2v) is 8.07. The van der Waals surface area contributed by atoms with Crippen LogP contribution < -0.4 is 9.47 Å². The van der Waals surface area contributed by atoms with Gasteiger partial charge < -0.3 is 14.2 Å². The highest BCUT2D eigenvalue weighted by molar-refractivity contribution is 14.1. The van der Waals surface area contributed by atoms with Crippen LogP contribution in [0.25, 0.3) is 6.08 Å². The van der Waals surface area contributed by atoms with E-state index in [1.165, 1.54) is 0 Å². The van der Waals surface area contributed by atoms with Crippen molar-refractivity contribution in [2.45, 2.75) is 0 Å². The van der Waals surface area contributed by atoms with E-state index in [0.29, 0.717) is 16.0 Å². The van der Waals surface area contributed by atoms with Crippen LogP contribution in [0, 0.1) is 3.57 Å². The van der Waals surface area contributed by atoms with Crippen LogP contribution in [0.3, 0.4) is 0 Å². The number of nitrogens with zero attached hydrogens (tertiary/aromatic N) is 1. The van der Waals surface area contributed by atoms with E-state index in [4.69, 9.17) is 14.2 Å². The molecule has 8 heteroatoms. The molecule has 5 nitrogen and oxygen atoms in total. The summed E-state index contributed by atoms with van der Waals surface area (Å²) >= 11 is 9.11. The third-order valence-electron chi connectivity index (χ3n) is 3.55. The van der Waals surface area contributed by atoms with E-state index < -0.39 is 5.97 Å². The highest BCUT2D eigenvalue weighted by atomic mass is 127. The summed E-state index contributed by atoms with van der Waals surface area (Å²) in [5, 5.41) is 0. The molecule has 26 heavy (non-hydrogen) atoms. The number of methoxy groups -OCH3 is 2. The van der Waals surface area contributed by atoms with Gasteiger partial charge in [-0.3, -0.25) is 0 Å². The number of cyclic esters (lactones) is 1. The average Bonchev–Trinajstić information content (AvgIpc) is 2.97. The quantitative estimate of drug-likeness (QED) is 0.279. The number of benzene rings is 2. The fourth-order valence-corrected chi connectivity index (χ4v) is 3.68. The second kappa shape index (κ2) is 8.10. The Morgan fingerprint density at radius 3 is 2.54 bits per heavy atom. The SMILES string of the molecule is COc1cc(/C=C2\N=C(c3ccc(I)c(Br)c3)OC2=O)cc(Br)c1OC. The summed E-state index contributed by atoms with van der Waals surface area (Å²) in [4.78, 5) is 16.5. The lowest BCUT2D eigenvalue weighted by atomic mass is 10.1. The fraction of sp³-hybridized carbons (Fsp3) is 0.111. The topological polar surface area (TPSA) is 57.1 Å². The van der Waals surface area contributed by atoms with Gasteiger partial charge in [0.05, 0.1) is 18.7 Å². The second-order valence-electron chi connectivity index (χ2n) is 5.20. The number of carbonyl (C=O) groups is 1. The molecule has 0 N–H and O–H groups in total. The molecule has 0 unspecified atom stereocenters. The Morgan fingerprint density at radius 1 is 1.12 bits per heavy atom. The van der Waals surface area contributed by atoms with Crippen molar-refractivity contribution in [1.29, 1.82) is 0 Å². The van der Waals surface area contributed by atoms with Gasteiger partial charge in [-0.2, -0.15) is 0 Å². The van der Waals surface area contributed by atoms with Crippen molar-refractivity contribution in [3.63, 3.8) is 0 Å². The predicted octanol–water partition coefficient (Wildman–Crippen LogP) is 5.18. The van der Waals surface area contributed by atoms with Gasteiger partial charge in [-0.1, -0.05) is 0 Å². The van der Waals surface area contributed by atoms with Crippen LogP contribution in [0.1, 0.15) is 11.1 Å². The minimum absolute atomic E-state index is 0.216. The molecule has 0 saturated heterocycles. The fourth-order valence-electron chi connectivity index (χ4n) is 2.34. The molecule has 0 aromatic heterocycles. The minimum atomic E-state index is -0.499. The van der Waals surface area contributed by atoms with Crippen LogP contribution in [-0.4, -0.2) is 26.1 Å². The van der Waals surface area contributed by atoms with Gasteiger partial charge in [0.2, 0.25) is 5.90 Å². The van der Waals surface area contributed by atoms with Gasteiger partial charge in [0.25, 0.3) is 0 Å². The van der Waals surface area contributed by atoms with Gasteiger partial charge >= 0.3 is 5.97 Å². The van der Waals surface area contributed by atoms with Crippen molar-refractivity contribution in [3.8, 4) is 11.5 Å². The van der Waals surface area contributed by atoms with E-state index in [2.05, 4.69) is 59.4 Å². The first kappa shape index (κ1) is 19.4. The molecule has 1 heterocycles. The van der Waals surface area contributed by atoms with E-state index in [1.807, 2.05) is 24.3 Å². The number of carbonyl (C=O) groups excluding carboxylic acids is 1. The zero-order chi connectivity index (χ0) is 18.8. The molecule has 0 aliphatic carbocycles. The number of hydrogen-bond acceptors (Lipinski definition) is 5. The van der Waals surface area contributed by atoms with Crippen LogP contribution in [0.5, 0.6) is 11.5 Å². The Balaban J connectivity index is 1.98. The first-order valence-electron chi connectivity index (χ1n) is 7.32. The zero-order valence-corrected chi connectivity index (χ0v) is 19.0. The normalized spacial score (nSPS) is 15.0. The van der Waals surface area contributed by atoms with E-state index in [0.717, 1.165) is 19.2 Å². The van der Waals surface area contributed by atoms with Crippen LogP contribution >= 0.6 is 54.5 Å². The lowest BCUT2D eigenvalue weighted by Crippen LogP contribution is -2.05. The van der Waals surface area contributed by atoms with E-state index >= 15 is 0 Å². The molecule has 3 rings (SSSR count). The molecule has 0 spiro atoms. The molecule has 134 valence electrons. The van der Waals surface area contributed by atoms with Crippen molar-refractivity contribution in [3.05, 3.63) is 59.7 Å². The summed E-state index contributed by atoms with van der Waals surface area (Å²) < 4.78 is 18.6. The van der Waals surface area contributed by atoms with Crippen molar-refractivity contribution in [2.24, 2.45) is 4.99 Å². The molecule has 2 aromatic carbocycles. The third-order valence-corrected chi connectivity index (χ3v) is 6.47. The van der Waals surface area contributed by atoms with Crippen molar-refractivity contribution < 1.29 is 19.0 Å². The molecule has 0 amide bonds. The maximum absolute atomic E-state index is 12.2. The van der Waals surface area contributed by atoms with E-state index in [9.17, 15) is 4.79 Å². The first-order valence-corrected chi connectivity index (χ1v) is 9.99. The lowest BCUT2D eigenvalue weighted by Gasteiger charge is -2.10. The summed E-state index contributed by atoms with van der Waals surface area (Å²) in [7, 11) is 3.11. The summed E-state index contributed by atoms with van der Waals surface area (Å²) in [6, 6.07) is 9.22. The van der Waals surface area contributed by atoms with Crippen LogP contribution in [0.4, 0.5) is 0 Å². The maximum atomic E-state index is 12.2. The molecule has 1 aliphatic rings. The third kappa shape index (κ3) is 3.96. The summed E-state index contributed by atoms with van der Waals surface area (Å²) in [5.74, 6) is 0.904. The van der Waals surface area contributed by atoms with Crippen LogP contribution in [-0.2, 0) is 9.53 Å². The molecule has 2 aromatic rings. The van der Waals surface area contributed by atoms with E-state index in [1.54, 1.807) is 26.4 Å². The highest BCUT2D eigenvalue weighted by Crippen LogP contribution is 2.37. The maximum Gasteiger partial charge on any atom is 0.363 e. The van der Waals surface area contributed by atoms with Gasteiger partial charge in [0.1, 0.15) is 0 Å².